The maximum absolute atomic E-state index is 12.1. The van der Waals surface area contributed by atoms with E-state index in [9.17, 15) is 9.59 Å². The summed E-state index contributed by atoms with van der Waals surface area (Å²) in [6.45, 7) is 0.0142. The number of halogens is 2. The van der Waals surface area contributed by atoms with Gasteiger partial charge in [-0.2, -0.15) is 0 Å². The summed E-state index contributed by atoms with van der Waals surface area (Å²) in [6.07, 6.45) is 0. The molecule has 0 amide bonds. The molecule has 0 fully saturated rings. The maximum Gasteiger partial charge on any atom is 0.355 e. The van der Waals surface area contributed by atoms with Gasteiger partial charge in [0.25, 0.3) is 0 Å². The second kappa shape index (κ2) is 7.13. The number of esters is 2. The van der Waals surface area contributed by atoms with Crippen molar-refractivity contribution in [3.05, 3.63) is 39.0 Å². The molecule has 0 aliphatic carbocycles. The van der Waals surface area contributed by atoms with Crippen molar-refractivity contribution >= 4 is 45.2 Å². The number of nitrogens with zero attached hydrogens (tertiary/aromatic N) is 1. The van der Waals surface area contributed by atoms with Gasteiger partial charge < -0.3 is 19.1 Å². The van der Waals surface area contributed by atoms with E-state index in [1.807, 2.05) is 0 Å². The monoisotopic (exact) mass is 389 g/mol. The Morgan fingerprint density at radius 1 is 1.27 bits per heavy atom. The van der Waals surface area contributed by atoms with E-state index in [4.69, 9.17) is 25.8 Å². The molecule has 0 saturated heterocycles. The first-order valence-electron chi connectivity index (χ1n) is 6.19. The number of anilines is 1. The Bertz CT molecular complexity index is 646. The fourth-order valence-corrected chi connectivity index (χ4v) is 2.59. The van der Waals surface area contributed by atoms with Crippen LogP contribution in [0.5, 0.6) is 0 Å². The van der Waals surface area contributed by atoms with E-state index in [1.54, 1.807) is 18.2 Å². The summed E-state index contributed by atoms with van der Waals surface area (Å²) in [5.74, 6) is -1.32. The SMILES string of the molecule is COC(=O)C1=C(C(=O)OC)N(c2cc(Br)ccc2Cl)COC1. The molecule has 2 rings (SSSR count). The third-order valence-corrected chi connectivity index (χ3v) is 3.84. The lowest BCUT2D eigenvalue weighted by Crippen LogP contribution is -2.38. The largest absolute Gasteiger partial charge is 0.466 e. The van der Waals surface area contributed by atoms with Crippen LogP contribution in [0.2, 0.25) is 5.02 Å². The minimum Gasteiger partial charge on any atom is -0.466 e. The summed E-state index contributed by atoms with van der Waals surface area (Å²) in [5.41, 5.74) is 0.648. The van der Waals surface area contributed by atoms with Crippen LogP contribution < -0.4 is 4.90 Å². The first kappa shape index (κ1) is 16.8. The molecule has 0 spiro atoms. The smallest absolute Gasteiger partial charge is 0.355 e. The van der Waals surface area contributed by atoms with Gasteiger partial charge >= 0.3 is 11.9 Å². The number of carbonyl (C=O) groups is 2. The van der Waals surface area contributed by atoms with E-state index in [2.05, 4.69) is 15.9 Å². The molecule has 1 aromatic carbocycles. The summed E-state index contributed by atoms with van der Waals surface area (Å²) < 4.78 is 15.6. The number of benzene rings is 1. The average Bonchev–Trinajstić information content (AvgIpc) is 2.54. The zero-order chi connectivity index (χ0) is 16.3. The van der Waals surface area contributed by atoms with E-state index in [0.717, 1.165) is 4.47 Å². The minimum absolute atomic E-state index is 0.0424. The molecule has 1 heterocycles. The first-order valence-corrected chi connectivity index (χ1v) is 7.36. The van der Waals surface area contributed by atoms with E-state index in [0.29, 0.717) is 10.7 Å². The molecule has 1 aromatic rings. The number of rotatable bonds is 3. The van der Waals surface area contributed by atoms with Crippen LogP contribution in [0.4, 0.5) is 5.69 Å². The molecule has 0 radical (unpaired) electrons. The number of methoxy groups -OCH3 is 2. The lowest BCUT2D eigenvalue weighted by atomic mass is 10.1. The zero-order valence-electron chi connectivity index (χ0n) is 11.9. The fraction of sp³-hybridized carbons (Fsp3) is 0.286. The molecule has 0 N–H and O–H groups in total. The van der Waals surface area contributed by atoms with Gasteiger partial charge in [0.2, 0.25) is 0 Å². The Morgan fingerprint density at radius 2 is 1.95 bits per heavy atom. The Morgan fingerprint density at radius 3 is 2.59 bits per heavy atom. The van der Waals surface area contributed by atoms with Gasteiger partial charge in [0.15, 0.2) is 0 Å². The van der Waals surface area contributed by atoms with Crippen molar-refractivity contribution in [3.8, 4) is 0 Å². The van der Waals surface area contributed by atoms with Gasteiger partial charge in [-0.25, -0.2) is 9.59 Å². The molecule has 0 atom stereocenters. The summed E-state index contributed by atoms with van der Waals surface area (Å²) in [5, 5.41) is 0.402. The molecular weight excluding hydrogens is 378 g/mol. The summed E-state index contributed by atoms with van der Waals surface area (Å²) >= 11 is 9.54. The Balaban J connectivity index is 2.60. The highest BCUT2D eigenvalue weighted by Gasteiger charge is 2.33. The molecular formula is C14H13BrClNO5. The highest BCUT2D eigenvalue weighted by atomic mass is 79.9. The maximum atomic E-state index is 12.1. The van der Waals surface area contributed by atoms with Crippen molar-refractivity contribution in [1.82, 2.24) is 0 Å². The number of carbonyl (C=O) groups excluding carboxylic acids is 2. The van der Waals surface area contributed by atoms with Crippen LogP contribution in [-0.2, 0) is 23.8 Å². The predicted molar refractivity (Wildman–Crippen MR) is 83.5 cm³/mol. The Hall–Kier alpha value is -1.57. The number of hydrogen-bond donors (Lipinski definition) is 0. The van der Waals surface area contributed by atoms with Crippen molar-refractivity contribution in [3.63, 3.8) is 0 Å². The van der Waals surface area contributed by atoms with E-state index in [-0.39, 0.29) is 24.6 Å². The van der Waals surface area contributed by atoms with E-state index < -0.39 is 11.9 Å². The highest BCUT2D eigenvalue weighted by Crippen LogP contribution is 2.34. The summed E-state index contributed by atoms with van der Waals surface area (Å²) in [7, 11) is 2.47. The molecule has 0 aromatic heterocycles. The van der Waals surface area contributed by atoms with E-state index >= 15 is 0 Å². The molecule has 0 bridgehead atoms. The average molecular weight is 391 g/mol. The van der Waals surface area contributed by atoms with Gasteiger partial charge in [0.1, 0.15) is 12.4 Å². The molecule has 118 valence electrons. The normalized spacial score (nSPS) is 14.8. The van der Waals surface area contributed by atoms with Gasteiger partial charge in [-0.1, -0.05) is 27.5 Å². The summed E-state index contributed by atoms with van der Waals surface area (Å²) in [6, 6.07) is 5.15. The molecule has 1 aliphatic rings. The number of hydrogen-bond acceptors (Lipinski definition) is 6. The van der Waals surface area contributed by atoms with Crippen molar-refractivity contribution in [2.45, 2.75) is 0 Å². The zero-order valence-corrected chi connectivity index (χ0v) is 14.2. The molecule has 0 unspecified atom stereocenters. The van der Waals surface area contributed by atoms with Crippen LogP contribution in [0.15, 0.2) is 33.9 Å². The Kier molecular flexibility index (Phi) is 5.44. The van der Waals surface area contributed by atoms with Crippen LogP contribution in [-0.4, -0.2) is 39.5 Å². The highest BCUT2D eigenvalue weighted by molar-refractivity contribution is 9.10. The molecule has 22 heavy (non-hydrogen) atoms. The van der Waals surface area contributed by atoms with Crippen LogP contribution in [0, 0.1) is 0 Å². The van der Waals surface area contributed by atoms with E-state index in [1.165, 1.54) is 19.1 Å². The standard InChI is InChI=1S/C14H13BrClNO5/c1-20-13(18)9-6-22-7-17(12(9)14(19)21-2)11-5-8(15)3-4-10(11)16/h3-5H,6-7H2,1-2H3. The van der Waals surface area contributed by atoms with Crippen LogP contribution in [0.25, 0.3) is 0 Å². The van der Waals surface area contributed by atoms with Crippen molar-refractivity contribution in [1.29, 1.82) is 0 Å². The van der Waals surface area contributed by atoms with Gasteiger partial charge in [-0.05, 0) is 18.2 Å². The topological polar surface area (TPSA) is 65.1 Å². The van der Waals surface area contributed by atoms with Gasteiger partial charge in [0, 0.05) is 4.47 Å². The molecule has 0 saturated carbocycles. The lowest BCUT2D eigenvalue weighted by Gasteiger charge is -2.31. The molecule has 1 aliphatic heterocycles. The van der Waals surface area contributed by atoms with Crippen LogP contribution >= 0.6 is 27.5 Å². The van der Waals surface area contributed by atoms with Crippen molar-refractivity contribution in [2.24, 2.45) is 0 Å². The van der Waals surface area contributed by atoms with Crippen LogP contribution in [0.3, 0.4) is 0 Å². The first-order chi connectivity index (χ1) is 10.5. The quantitative estimate of drug-likeness (QED) is 0.739. The van der Waals surface area contributed by atoms with Crippen molar-refractivity contribution in [2.75, 3.05) is 32.5 Å². The number of ether oxygens (including phenoxy) is 3. The Labute approximate surface area is 140 Å². The minimum atomic E-state index is -0.667. The van der Waals surface area contributed by atoms with Crippen LogP contribution in [0.1, 0.15) is 0 Å². The van der Waals surface area contributed by atoms with Crippen molar-refractivity contribution < 1.29 is 23.8 Å². The summed E-state index contributed by atoms with van der Waals surface area (Å²) in [4.78, 5) is 25.5. The molecule has 6 nitrogen and oxygen atoms in total. The molecule has 8 heteroatoms. The third kappa shape index (κ3) is 3.26. The van der Waals surface area contributed by atoms with Gasteiger partial charge in [0.05, 0.1) is 37.1 Å². The lowest BCUT2D eigenvalue weighted by molar-refractivity contribution is -0.140. The second-order valence-electron chi connectivity index (χ2n) is 4.31. The predicted octanol–water partition coefficient (Wildman–Crippen LogP) is 2.50. The fourth-order valence-electron chi connectivity index (χ4n) is 2.03. The second-order valence-corrected chi connectivity index (χ2v) is 5.63. The van der Waals surface area contributed by atoms with Gasteiger partial charge in [-0.3, -0.25) is 0 Å². The van der Waals surface area contributed by atoms with Gasteiger partial charge in [-0.15, -0.1) is 0 Å². The third-order valence-electron chi connectivity index (χ3n) is 3.03.